The third-order valence-electron chi connectivity index (χ3n) is 2.29. The molecular formula is C12H15ClO3S. The van der Waals surface area contributed by atoms with E-state index in [2.05, 4.69) is 0 Å². The Bertz CT molecular complexity index is 521. The molecule has 0 spiro atoms. The molecule has 0 N–H and O–H groups in total. The predicted octanol–water partition coefficient (Wildman–Crippen LogP) is 2.41. The van der Waals surface area contributed by atoms with Crippen molar-refractivity contribution >= 4 is 27.2 Å². The summed E-state index contributed by atoms with van der Waals surface area (Å²) in [6.07, 6.45) is 2.23. The lowest BCUT2D eigenvalue weighted by Gasteiger charge is -2.05. The molecule has 0 aliphatic carbocycles. The summed E-state index contributed by atoms with van der Waals surface area (Å²) in [5, 5.41) is 0.521. The van der Waals surface area contributed by atoms with Gasteiger partial charge in [-0.2, -0.15) is 0 Å². The first-order chi connectivity index (χ1) is 7.78. The normalized spacial score (nSPS) is 11.5. The topological polar surface area (TPSA) is 51.2 Å². The molecule has 5 heteroatoms. The Balaban J connectivity index is 2.83. The molecule has 1 aromatic rings. The Morgan fingerprint density at radius 1 is 1.35 bits per heavy atom. The Morgan fingerprint density at radius 3 is 2.47 bits per heavy atom. The molecule has 0 aliphatic rings. The van der Waals surface area contributed by atoms with Crippen LogP contribution in [0, 0.1) is 0 Å². The van der Waals surface area contributed by atoms with Crippen LogP contribution in [0.15, 0.2) is 18.2 Å². The van der Waals surface area contributed by atoms with E-state index in [1.807, 2.05) is 0 Å². The standard InChI is InChI=1S/C12H15ClO3S/c1-9(14)3-5-11-6-4-10(7-12(11)13)8-17(2,15)16/h4,6-7H,3,5,8H2,1-2H3. The van der Waals surface area contributed by atoms with Gasteiger partial charge in [0, 0.05) is 17.7 Å². The highest BCUT2D eigenvalue weighted by molar-refractivity contribution is 7.89. The molecule has 0 atom stereocenters. The maximum absolute atomic E-state index is 11.1. The number of ketones is 1. The fraction of sp³-hybridized carbons (Fsp3) is 0.417. The number of benzene rings is 1. The number of Topliss-reactive ketones (excluding diaryl/α,β-unsaturated/α-hetero) is 1. The quantitative estimate of drug-likeness (QED) is 0.828. The minimum Gasteiger partial charge on any atom is -0.300 e. The average Bonchev–Trinajstić information content (AvgIpc) is 2.13. The van der Waals surface area contributed by atoms with Crippen molar-refractivity contribution < 1.29 is 13.2 Å². The number of hydrogen-bond donors (Lipinski definition) is 0. The zero-order chi connectivity index (χ0) is 13.1. The van der Waals surface area contributed by atoms with E-state index in [0.29, 0.717) is 23.4 Å². The van der Waals surface area contributed by atoms with Crippen molar-refractivity contribution in [2.75, 3.05) is 6.26 Å². The average molecular weight is 275 g/mol. The first-order valence-electron chi connectivity index (χ1n) is 5.22. The molecule has 0 radical (unpaired) electrons. The van der Waals surface area contributed by atoms with E-state index in [4.69, 9.17) is 11.6 Å². The summed E-state index contributed by atoms with van der Waals surface area (Å²) in [6, 6.07) is 5.17. The lowest BCUT2D eigenvalue weighted by atomic mass is 10.1. The lowest BCUT2D eigenvalue weighted by Crippen LogP contribution is -2.01. The van der Waals surface area contributed by atoms with Crippen LogP contribution in [0.2, 0.25) is 5.02 Å². The van der Waals surface area contributed by atoms with Crippen molar-refractivity contribution in [2.45, 2.75) is 25.5 Å². The summed E-state index contributed by atoms with van der Waals surface area (Å²) in [7, 11) is -3.05. The van der Waals surface area contributed by atoms with Gasteiger partial charge in [-0.1, -0.05) is 23.7 Å². The maximum Gasteiger partial charge on any atom is 0.151 e. The molecule has 0 aromatic heterocycles. The van der Waals surface area contributed by atoms with Crippen molar-refractivity contribution in [3.8, 4) is 0 Å². The Kier molecular flexibility index (Phi) is 4.71. The molecule has 1 rings (SSSR count). The monoisotopic (exact) mass is 274 g/mol. The van der Waals surface area contributed by atoms with Gasteiger partial charge in [-0.3, -0.25) is 0 Å². The zero-order valence-corrected chi connectivity index (χ0v) is 11.4. The van der Waals surface area contributed by atoms with Gasteiger partial charge in [0.15, 0.2) is 9.84 Å². The van der Waals surface area contributed by atoms with Gasteiger partial charge >= 0.3 is 0 Å². The molecule has 0 fully saturated rings. The number of rotatable bonds is 5. The van der Waals surface area contributed by atoms with E-state index < -0.39 is 9.84 Å². The lowest BCUT2D eigenvalue weighted by molar-refractivity contribution is -0.116. The van der Waals surface area contributed by atoms with Crippen LogP contribution in [-0.4, -0.2) is 20.5 Å². The van der Waals surface area contributed by atoms with Gasteiger partial charge in [0.25, 0.3) is 0 Å². The molecule has 0 heterocycles. The van der Waals surface area contributed by atoms with Crippen LogP contribution in [0.3, 0.4) is 0 Å². The predicted molar refractivity (Wildman–Crippen MR) is 69.0 cm³/mol. The third-order valence-corrected chi connectivity index (χ3v) is 3.50. The van der Waals surface area contributed by atoms with Crippen molar-refractivity contribution in [3.63, 3.8) is 0 Å². The van der Waals surface area contributed by atoms with Crippen LogP contribution in [0.1, 0.15) is 24.5 Å². The summed E-state index contributed by atoms with van der Waals surface area (Å²) < 4.78 is 22.2. The fourth-order valence-electron chi connectivity index (χ4n) is 1.50. The number of sulfone groups is 1. The van der Waals surface area contributed by atoms with Crippen LogP contribution in [0.4, 0.5) is 0 Å². The van der Waals surface area contributed by atoms with Gasteiger partial charge in [-0.05, 0) is 30.5 Å². The number of hydrogen-bond acceptors (Lipinski definition) is 3. The third kappa shape index (κ3) is 5.33. The van der Waals surface area contributed by atoms with Gasteiger partial charge in [0.1, 0.15) is 5.78 Å². The summed E-state index contributed by atoms with van der Waals surface area (Å²) in [5.74, 6) is 0.0981. The van der Waals surface area contributed by atoms with Crippen LogP contribution in [-0.2, 0) is 26.8 Å². The largest absolute Gasteiger partial charge is 0.300 e. The van der Waals surface area contributed by atoms with Crippen molar-refractivity contribution in [3.05, 3.63) is 34.3 Å². The second-order valence-electron chi connectivity index (χ2n) is 4.20. The van der Waals surface area contributed by atoms with Gasteiger partial charge in [-0.15, -0.1) is 0 Å². The van der Waals surface area contributed by atoms with E-state index in [-0.39, 0.29) is 11.5 Å². The van der Waals surface area contributed by atoms with E-state index in [1.165, 1.54) is 13.2 Å². The second kappa shape index (κ2) is 5.65. The second-order valence-corrected chi connectivity index (χ2v) is 6.75. The molecule has 0 aliphatic heterocycles. The minimum atomic E-state index is -3.05. The minimum absolute atomic E-state index is 0.0142. The SMILES string of the molecule is CC(=O)CCc1ccc(CS(C)(=O)=O)cc1Cl. The van der Waals surface area contributed by atoms with Crippen LogP contribution in [0.25, 0.3) is 0 Å². The van der Waals surface area contributed by atoms with Gasteiger partial charge < -0.3 is 4.79 Å². The molecule has 17 heavy (non-hydrogen) atoms. The molecule has 0 saturated carbocycles. The number of aryl methyl sites for hydroxylation is 1. The summed E-state index contributed by atoms with van der Waals surface area (Å²) >= 11 is 6.04. The van der Waals surface area contributed by atoms with Crippen LogP contribution < -0.4 is 0 Å². The summed E-state index contributed by atoms with van der Waals surface area (Å²) in [5.41, 5.74) is 1.54. The molecule has 0 bridgehead atoms. The van der Waals surface area contributed by atoms with Crippen molar-refractivity contribution in [1.29, 1.82) is 0 Å². The highest BCUT2D eigenvalue weighted by Gasteiger charge is 2.08. The number of carbonyl (C=O) groups is 1. The van der Waals surface area contributed by atoms with Crippen LogP contribution in [0.5, 0.6) is 0 Å². The zero-order valence-electron chi connectivity index (χ0n) is 9.86. The molecule has 1 aromatic carbocycles. The highest BCUT2D eigenvalue weighted by Crippen LogP contribution is 2.20. The smallest absolute Gasteiger partial charge is 0.151 e. The first kappa shape index (κ1) is 14.2. The van der Waals surface area contributed by atoms with Crippen LogP contribution >= 0.6 is 11.6 Å². The fourth-order valence-corrected chi connectivity index (χ4v) is 2.58. The molecule has 94 valence electrons. The van der Waals surface area contributed by atoms with Gasteiger partial charge in [0.05, 0.1) is 5.75 Å². The van der Waals surface area contributed by atoms with E-state index >= 15 is 0 Å². The molecule has 0 unspecified atom stereocenters. The van der Waals surface area contributed by atoms with E-state index in [0.717, 1.165) is 5.56 Å². The first-order valence-corrected chi connectivity index (χ1v) is 7.66. The van der Waals surface area contributed by atoms with E-state index in [1.54, 1.807) is 18.2 Å². The number of carbonyl (C=O) groups excluding carboxylic acids is 1. The maximum atomic E-state index is 11.1. The highest BCUT2D eigenvalue weighted by atomic mass is 35.5. The van der Waals surface area contributed by atoms with Gasteiger partial charge in [-0.25, -0.2) is 8.42 Å². The molecule has 0 amide bonds. The van der Waals surface area contributed by atoms with Gasteiger partial charge in [0.2, 0.25) is 0 Å². The van der Waals surface area contributed by atoms with E-state index in [9.17, 15) is 13.2 Å². The Morgan fingerprint density at radius 2 is 2.00 bits per heavy atom. The summed E-state index contributed by atoms with van der Waals surface area (Å²) in [4.78, 5) is 10.9. The molecule has 3 nitrogen and oxygen atoms in total. The Labute approximate surface area is 107 Å². The summed E-state index contributed by atoms with van der Waals surface area (Å²) in [6.45, 7) is 1.53. The number of halogens is 1. The Hall–Kier alpha value is -0.870. The van der Waals surface area contributed by atoms with Crippen molar-refractivity contribution in [2.24, 2.45) is 0 Å². The molecular weight excluding hydrogens is 260 g/mol. The molecule has 0 saturated heterocycles. The van der Waals surface area contributed by atoms with Crippen molar-refractivity contribution in [1.82, 2.24) is 0 Å².